The number of nitrogens with two attached hydrogens (primary N) is 1. The molecular formula is C13H16N6O. The van der Waals surface area contributed by atoms with Gasteiger partial charge in [0.25, 0.3) is 0 Å². The largest absolute Gasteiger partial charge is 0.409 e. The number of aromatic nitrogens is 3. The fourth-order valence-corrected chi connectivity index (χ4v) is 1.71. The van der Waals surface area contributed by atoms with Crippen LogP contribution in [0.25, 0.3) is 0 Å². The molecule has 0 radical (unpaired) electrons. The molecule has 104 valence electrons. The van der Waals surface area contributed by atoms with E-state index in [2.05, 4.69) is 25.4 Å². The monoisotopic (exact) mass is 272 g/mol. The fourth-order valence-electron chi connectivity index (χ4n) is 1.71. The normalized spacial score (nSPS) is 11.6. The number of nitrogens with one attached hydrogen (secondary N) is 1. The van der Waals surface area contributed by atoms with E-state index in [1.165, 1.54) is 0 Å². The Morgan fingerprint density at radius 1 is 1.30 bits per heavy atom. The van der Waals surface area contributed by atoms with Crippen molar-refractivity contribution in [1.82, 2.24) is 20.3 Å². The van der Waals surface area contributed by atoms with Crippen molar-refractivity contribution in [2.45, 2.75) is 20.0 Å². The highest BCUT2D eigenvalue weighted by atomic mass is 16.4. The predicted molar refractivity (Wildman–Crippen MR) is 74.1 cm³/mol. The fraction of sp³-hybridized carbons (Fsp3) is 0.231. The molecule has 0 aliphatic rings. The zero-order valence-electron chi connectivity index (χ0n) is 11.1. The highest BCUT2D eigenvalue weighted by Gasteiger charge is 2.02. The third kappa shape index (κ3) is 3.72. The Hall–Kier alpha value is -2.54. The first-order valence-corrected chi connectivity index (χ1v) is 6.11. The third-order valence-corrected chi connectivity index (χ3v) is 2.66. The first-order chi connectivity index (χ1) is 9.69. The van der Waals surface area contributed by atoms with E-state index in [4.69, 9.17) is 10.9 Å². The highest BCUT2D eigenvalue weighted by molar-refractivity contribution is 5.95. The summed E-state index contributed by atoms with van der Waals surface area (Å²) in [5.41, 5.74) is 7.87. The number of nitrogens with zero attached hydrogens (tertiary/aromatic N) is 4. The lowest BCUT2D eigenvalue weighted by Crippen LogP contribution is -2.17. The van der Waals surface area contributed by atoms with Gasteiger partial charge in [0.15, 0.2) is 5.84 Å². The molecule has 2 rings (SSSR count). The summed E-state index contributed by atoms with van der Waals surface area (Å²) >= 11 is 0. The standard InChI is InChI=1S/C13H16N6O/c1-9-16-5-3-11(18-9)8-15-7-10-2-4-17-12(6-10)13(14)19-20/h2-6,15,20H,7-8H2,1H3,(H2,14,19). The van der Waals surface area contributed by atoms with Gasteiger partial charge in [-0.25, -0.2) is 9.97 Å². The average Bonchev–Trinajstić information content (AvgIpc) is 2.47. The zero-order chi connectivity index (χ0) is 14.4. The van der Waals surface area contributed by atoms with Crippen LogP contribution in [0, 0.1) is 6.92 Å². The summed E-state index contributed by atoms with van der Waals surface area (Å²) in [5.74, 6) is 0.751. The Bertz CT molecular complexity index is 613. The van der Waals surface area contributed by atoms with E-state index < -0.39 is 0 Å². The second kappa shape index (κ2) is 6.58. The van der Waals surface area contributed by atoms with Crippen LogP contribution in [0.2, 0.25) is 0 Å². The molecule has 2 aromatic rings. The van der Waals surface area contributed by atoms with Crippen LogP contribution in [-0.4, -0.2) is 26.0 Å². The molecule has 0 fully saturated rings. The molecule has 0 aliphatic heterocycles. The molecule has 0 unspecified atom stereocenters. The molecule has 0 aromatic carbocycles. The lowest BCUT2D eigenvalue weighted by molar-refractivity contribution is 0.318. The van der Waals surface area contributed by atoms with Crippen molar-refractivity contribution >= 4 is 5.84 Å². The first kappa shape index (κ1) is 13.9. The molecule has 0 aliphatic carbocycles. The summed E-state index contributed by atoms with van der Waals surface area (Å²) in [7, 11) is 0. The van der Waals surface area contributed by atoms with Crippen LogP contribution in [-0.2, 0) is 13.1 Å². The van der Waals surface area contributed by atoms with Crippen LogP contribution >= 0.6 is 0 Å². The minimum Gasteiger partial charge on any atom is -0.409 e. The quantitative estimate of drug-likeness (QED) is 0.317. The van der Waals surface area contributed by atoms with Crippen molar-refractivity contribution in [1.29, 1.82) is 0 Å². The molecule has 2 aromatic heterocycles. The molecule has 4 N–H and O–H groups in total. The van der Waals surface area contributed by atoms with Crippen LogP contribution < -0.4 is 11.1 Å². The van der Waals surface area contributed by atoms with Gasteiger partial charge in [-0.3, -0.25) is 4.98 Å². The van der Waals surface area contributed by atoms with Crippen LogP contribution in [0.1, 0.15) is 22.8 Å². The van der Waals surface area contributed by atoms with Crippen LogP contribution in [0.3, 0.4) is 0 Å². The van der Waals surface area contributed by atoms with Gasteiger partial charge in [0, 0.05) is 25.5 Å². The van der Waals surface area contributed by atoms with E-state index in [9.17, 15) is 0 Å². The first-order valence-electron chi connectivity index (χ1n) is 6.11. The van der Waals surface area contributed by atoms with E-state index >= 15 is 0 Å². The average molecular weight is 272 g/mol. The summed E-state index contributed by atoms with van der Waals surface area (Å²) in [6.07, 6.45) is 3.36. The minimum absolute atomic E-state index is 0.00160. The zero-order valence-corrected chi connectivity index (χ0v) is 11.1. The van der Waals surface area contributed by atoms with Crippen molar-refractivity contribution in [3.05, 3.63) is 53.4 Å². The smallest absolute Gasteiger partial charge is 0.188 e. The van der Waals surface area contributed by atoms with Crippen molar-refractivity contribution in [2.24, 2.45) is 10.9 Å². The Morgan fingerprint density at radius 3 is 2.85 bits per heavy atom. The lowest BCUT2D eigenvalue weighted by Gasteiger charge is -2.06. The number of aryl methyl sites for hydroxylation is 1. The molecule has 20 heavy (non-hydrogen) atoms. The molecule has 0 saturated heterocycles. The molecule has 0 spiro atoms. The molecule has 2 heterocycles. The van der Waals surface area contributed by atoms with Gasteiger partial charge in [-0.1, -0.05) is 5.16 Å². The predicted octanol–water partition coefficient (Wildman–Crippen LogP) is 0.564. The second-order valence-corrected chi connectivity index (χ2v) is 4.23. The van der Waals surface area contributed by atoms with E-state index in [0.29, 0.717) is 18.8 Å². The Morgan fingerprint density at radius 2 is 2.10 bits per heavy atom. The SMILES string of the molecule is Cc1nccc(CNCc2ccnc(C(N)=NO)c2)n1. The van der Waals surface area contributed by atoms with Crippen LogP contribution in [0.15, 0.2) is 35.7 Å². The molecule has 0 bridgehead atoms. The summed E-state index contributed by atoms with van der Waals surface area (Å²) < 4.78 is 0. The maximum Gasteiger partial charge on any atom is 0.188 e. The van der Waals surface area contributed by atoms with Gasteiger partial charge in [0.05, 0.1) is 5.69 Å². The summed E-state index contributed by atoms with van der Waals surface area (Å²) in [6, 6.07) is 5.51. The molecule has 0 saturated carbocycles. The van der Waals surface area contributed by atoms with E-state index in [0.717, 1.165) is 17.1 Å². The van der Waals surface area contributed by atoms with E-state index in [1.54, 1.807) is 18.5 Å². The Labute approximate surface area is 116 Å². The maximum atomic E-state index is 8.62. The van der Waals surface area contributed by atoms with Crippen LogP contribution in [0.4, 0.5) is 0 Å². The van der Waals surface area contributed by atoms with Gasteiger partial charge in [0.2, 0.25) is 0 Å². The Balaban J connectivity index is 1.94. The Kier molecular flexibility index (Phi) is 4.56. The van der Waals surface area contributed by atoms with Gasteiger partial charge in [-0.05, 0) is 30.7 Å². The topological polar surface area (TPSA) is 109 Å². The number of hydrogen-bond acceptors (Lipinski definition) is 6. The van der Waals surface area contributed by atoms with Gasteiger partial charge >= 0.3 is 0 Å². The minimum atomic E-state index is -0.00160. The van der Waals surface area contributed by atoms with Gasteiger partial charge in [0.1, 0.15) is 11.5 Å². The van der Waals surface area contributed by atoms with Crippen molar-refractivity contribution < 1.29 is 5.21 Å². The van der Waals surface area contributed by atoms with Crippen LogP contribution in [0.5, 0.6) is 0 Å². The third-order valence-electron chi connectivity index (χ3n) is 2.66. The number of hydrogen-bond donors (Lipinski definition) is 3. The van der Waals surface area contributed by atoms with E-state index in [1.807, 2.05) is 19.1 Å². The highest BCUT2D eigenvalue weighted by Crippen LogP contribution is 2.02. The molecule has 0 atom stereocenters. The van der Waals surface area contributed by atoms with Crippen molar-refractivity contribution in [2.75, 3.05) is 0 Å². The number of oxime groups is 1. The summed E-state index contributed by atoms with van der Waals surface area (Å²) in [4.78, 5) is 12.4. The number of rotatable bonds is 5. The molecule has 7 nitrogen and oxygen atoms in total. The van der Waals surface area contributed by atoms with Crippen molar-refractivity contribution in [3.63, 3.8) is 0 Å². The summed E-state index contributed by atoms with van der Waals surface area (Å²) in [6.45, 7) is 3.14. The number of pyridine rings is 1. The van der Waals surface area contributed by atoms with Gasteiger partial charge < -0.3 is 16.3 Å². The van der Waals surface area contributed by atoms with Gasteiger partial charge in [-0.2, -0.15) is 0 Å². The van der Waals surface area contributed by atoms with Gasteiger partial charge in [-0.15, -0.1) is 0 Å². The second-order valence-electron chi connectivity index (χ2n) is 4.23. The van der Waals surface area contributed by atoms with Crippen molar-refractivity contribution in [3.8, 4) is 0 Å². The lowest BCUT2D eigenvalue weighted by atomic mass is 10.2. The molecular weight excluding hydrogens is 256 g/mol. The van der Waals surface area contributed by atoms with E-state index in [-0.39, 0.29) is 5.84 Å². The maximum absolute atomic E-state index is 8.62. The number of amidine groups is 1. The summed E-state index contributed by atoms with van der Waals surface area (Å²) in [5, 5.41) is 14.8. The molecule has 0 amide bonds. The molecule has 7 heteroatoms.